The average molecular weight is 204 g/mol. The molecule has 3 nitrogen and oxygen atoms in total. The number of carbonyl (C=O) groups is 1. The Morgan fingerprint density at radius 1 is 1.33 bits per heavy atom. The van der Waals surface area contributed by atoms with Crippen molar-refractivity contribution in [3.8, 4) is 0 Å². The van der Waals surface area contributed by atoms with Crippen LogP contribution in [0.4, 0.5) is 5.69 Å². The van der Waals surface area contributed by atoms with E-state index in [1.165, 1.54) is 5.56 Å². The van der Waals surface area contributed by atoms with Crippen LogP contribution >= 0.6 is 0 Å². The number of rotatable bonds is 1. The maximum absolute atomic E-state index is 11.8. The largest absolute Gasteiger partial charge is 0.378 e. The SMILES string of the molecule is CN1CCc2cc(N(C)C)ccc2C1=O. The zero-order valence-corrected chi connectivity index (χ0v) is 9.45. The first kappa shape index (κ1) is 10.0. The van der Waals surface area contributed by atoms with E-state index in [2.05, 4.69) is 11.0 Å². The van der Waals surface area contributed by atoms with Crippen LogP contribution in [0.3, 0.4) is 0 Å². The molecule has 0 radical (unpaired) electrons. The zero-order valence-electron chi connectivity index (χ0n) is 9.45. The van der Waals surface area contributed by atoms with Crippen LogP contribution in [-0.4, -0.2) is 38.5 Å². The Morgan fingerprint density at radius 2 is 2.07 bits per heavy atom. The van der Waals surface area contributed by atoms with Crippen molar-refractivity contribution >= 4 is 11.6 Å². The lowest BCUT2D eigenvalue weighted by molar-refractivity contribution is 0.0781. The molecule has 0 aliphatic carbocycles. The van der Waals surface area contributed by atoms with E-state index in [4.69, 9.17) is 0 Å². The molecule has 3 heteroatoms. The Morgan fingerprint density at radius 3 is 2.73 bits per heavy atom. The fourth-order valence-corrected chi connectivity index (χ4v) is 1.87. The number of likely N-dealkylation sites (N-methyl/N-ethyl adjacent to an activating group) is 1. The lowest BCUT2D eigenvalue weighted by Crippen LogP contribution is -2.34. The molecule has 1 aliphatic rings. The molecule has 1 aromatic carbocycles. The van der Waals surface area contributed by atoms with E-state index in [0.717, 1.165) is 24.2 Å². The molecule has 2 rings (SSSR count). The molecular weight excluding hydrogens is 188 g/mol. The number of benzene rings is 1. The first-order valence-corrected chi connectivity index (χ1v) is 5.15. The monoisotopic (exact) mass is 204 g/mol. The Kier molecular flexibility index (Phi) is 2.39. The van der Waals surface area contributed by atoms with Crippen molar-refractivity contribution in [3.05, 3.63) is 29.3 Å². The van der Waals surface area contributed by atoms with E-state index in [0.29, 0.717) is 0 Å². The van der Waals surface area contributed by atoms with Gasteiger partial charge in [0, 0.05) is 38.9 Å². The van der Waals surface area contributed by atoms with Crippen molar-refractivity contribution < 1.29 is 4.79 Å². The molecule has 1 heterocycles. The van der Waals surface area contributed by atoms with Gasteiger partial charge in [-0.15, -0.1) is 0 Å². The molecular formula is C12H16N2O. The minimum Gasteiger partial charge on any atom is -0.378 e. The lowest BCUT2D eigenvalue weighted by Gasteiger charge is -2.26. The molecule has 0 bridgehead atoms. The fourth-order valence-electron chi connectivity index (χ4n) is 1.87. The van der Waals surface area contributed by atoms with Crippen LogP contribution in [0.2, 0.25) is 0 Å². The molecule has 80 valence electrons. The molecule has 0 spiro atoms. The second-order valence-electron chi connectivity index (χ2n) is 4.21. The molecule has 0 saturated heterocycles. The number of hydrogen-bond donors (Lipinski definition) is 0. The molecule has 0 saturated carbocycles. The van der Waals surface area contributed by atoms with Crippen molar-refractivity contribution in [1.82, 2.24) is 4.90 Å². The predicted octanol–water partition coefficient (Wildman–Crippen LogP) is 1.38. The highest BCUT2D eigenvalue weighted by Gasteiger charge is 2.21. The van der Waals surface area contributed by atoms with Gasteiger partial charge in [-0.05, 0) is 30.2 Å². The average Bonchev–Trinajstić information content (AvgIpc) is 2.23. The quantitative estimate of drug-likeness (QED) is 0.690. The van der Waals surface area contributed by atoms with Crippen molar-refractivity contribution in [2.75, 3.05) is 32.6 Å². The molecule has 0 N–H and O–H groups in total. The van der Waals surface area contributed by atoms with Crippen molar-refractivity contribution in [1.29, 1.82) is 0 Å². The smallest absolute Gasteiger partial charge is 0.253 e. The van der Waals surface area contributed by atoms with Gasteiger partial charge in [0.25, 0.3) is 5.91 Å². The lowest BCUT2D eigenvalue weighted by atomic mass is 9.98. The van der Waals surface area contributed by atoms with Gasteiger partial charge in [0.05, 0.1) is 0 Å². The summed E-state index contributed by atoms with van der Waals surface area (Å²) in [6.07, 6.45) is 0.958. The van der Waals surface area contributed by atoms with Crippen LogP contribution in [0, 0.1) is 0 Å². The highest BCUT2D eigenvalue weighted by molar-refractivity contribution is 5.97. The van der Waals surface area contributed by atoms with Crippen LogP contribution < -0.4 is 4.90 Å². The molecule has 0 atom stereocenters. The van der Waals surface area contributed by atoms with Crippen LogP contribution in [0.25, 0.3) is 0 Å². The van der Waals surface area contributed by atoms with Crippen molar-refractivity contribution in [2.24, 2.45) is 0 Å². The van der Waals surface area contributed by atoms with Crippen LogP contribution in [-0.2, 0) is 6.42 Å². The van der Waals surface area contributed by atoms with E-state index in [1.54, 1.807) is 4.90 Å². The summed E-state index contributed by atoms with van der Waals surface area (Å²) in [5.74, 6) is 0.140. The number of carbonyl (C=O) groups excluding carboxylic acids is 1. The van der Waals surface area contributed by atoms with Gasteiger partial charge in [-0.2, -0.15) is 0 Å². The first-order chi connectivity index (χ1) is 7.09. The minimum atomic E-state index is 0.140. The Hall–Kier alpha value is -1.51. The number of fused-ring (bicyclic) bond motifs is 1. The third-order valence-electron chi connectivity index (χ3n) is 2.90. The van der Waals surface area contributed by atoms with Gasteiger partial charge in [0.1, 0.15) is 0 Å². The summed E-state index contributed by atoms with van der Waals surface area (Å²) in [6.45, 7) is 0.822. The number of hydrogen-bond acceptors (Lipinski definition) is 2. The van der Waals surface area contributed by atoms with Gasteiger partial charge in [0.2, 0.25) is 0 Å². The van der Waals surface area contributed by atoms with Crippen LogP contribution in [0.5, 0.6) is 0 Å². The third kappa shape index (κ3) is 1.69. The summed E-state index contributed by atoms with van der Waals surface area (Å²) in [5.41, 5.74) is 3.18. The summed E-state index contributed by atoms with van der Waals surface area (Å²) in [7, 11) is 5.88. The summed E-state index contributed by atoms with van der Waals surface area (Å²) in [4.78, 5) is 15.6. The number of anilines is 1. The normalized spacial score (nSPS) is 15.1. The van der Waals surface area contributed by atoms with Crippen molar-refractivity contribution in [3.63, 3.8) is 0 Å². The third-order valence-corrected chi connectivity index (χ3v) is 2.90. The van der Waals surface area contributed by atoms with Gasteiger partial charge >= 0.3 is 0 Å². The van der Waals surface area contributed by atoms with Gasteiger partial charge in [-0.1, -0.05) is 0 Å². The summed E-state index contributed by atoms with van der Waals surface area (Å²) in [6, 6.07) is 6.04. The molecule has 0 fully saturated rings. The first-order valence-electron chi connectivity index (χ1n) is 5.15. The highest BCUT2D eigenvalue weighted by Crippen LogP contribution is 2.22. The van der Waals surface area contributed by atoms with E-state index < -0.39 is 0 Å². The second kappa shape index (κ2) is 3.57. The van der Waals surface area contributed by atoms with Crippen molar-refractivity contribution in [2.45, 2.75) is 6.42 Å². The Bertz CT molecular complexity index is 399. The maximum atomic E-state index is 11.8. The van der Waals surface area contributed by atoms with Crippen LogP contribution in [0.1, 0.15) is 15.9 Å². The van der Waals surface area contributed by atoms with Crippen LogP contribution in [0.15, 0.2) is 18.2 Å². The predicted molar refractivity (Wildman–Crippen MR) is 61.4 cm³/mol. The zero-order chi connectivity index (χ0) is 11.0. The van der Waals surface area contributed by atoms with E-state index in [-0.39, 0.29) is 5.91 Å². The van der Waals surface area contributed by atoms with Gasteiger partial charge in [-0.3, -0.25) is 4.79 Å². The Labute approximate surface area is 90.3 Å². The summed E-state index contributed by atoms with van der Waals surface area (Å²) >= 11 is 0. The molecule has 1 aromatic rings. The standard InChI is InChI=1S/C12H16N2O/c1-13(2)10-4-5-11-9(8-10)6-7-14(3)12(11)15/h4-5,8H,6-7H2,1-3H3. The molecule has 15 heavy (non-hydrogen) atoms. The molecule has 1 amide bonds. The molecule has 0 aromatic heterocycles. The fraction of sp³-hybridized carbons (Fsp3) is 0.417. The maximum Gasteiger partial charge on any atom is 0.253 e. The van der Waals surface area contributed by atoms with Gasteiger partial charge < -0.3 is 9.80 Å². The summed E-state index contributed by atoms with van der Waals surface area (Å²) in [5, 5.41) is 0. The molecule has 1 aliphatic heterocycles. The van der Waals surface area contributed by atoms with E-state index in [9.17, 15) is 4.79 Å². The second-order valence-corrected chi connectivity index (χ2v) is 4.21. The number of amides is 1. The molecule has 0 unspecified atom stereocenters. The van der Waals surface area contributed by atoms with E-state index >= 15 is 0 Å². The highest BCUT2D eigenvalue weighted by atomic mass is 16.2. The topological polar surface area (TPSA) is 23.6 Å². The Balaban J connectivity index is 2.43. The number of nitrogens with zero attached hydrogens (tertiary/aromatic N) is 2. The van der Waals surface area contributed by atoms with Gasteiger partial charge in [0.15, 0.2) is 0 Å². The van der Waals surface area contributed by atoms with Gasteiger partial charge in [-0.25, -0.2) is 0 Å². The minimum absolute atomic E-state index is 0.140. The van der Waals surface area contributed by atoms with E-state index in [1.807, 2.05) is 33.3 Å². The summed E-state index contributed by atoms with van der Waals surface area (Å²) < 4.78 is 0.